The van der Waals surface area contributed by atoms with Crippen molar-refractivity contribution in [2.24, 2.45) is 23.7 Å². The van der Waals surface area contributed by atoms with Gasteiger partial charge in [-0.05, 0) is 48.6 Å². The lowest BCUT2D eigenvalue weighted by Crippen LogP contribution is -2.46. The summed E-state index contributed by atoms with van der Waals surface area (Å²) in [4.78, 5) is 101. The highest BCUT2D eigenvalue weighted by Gasteiger charge is 2.35. The minimum atomic E-state index is -0.771. The Kier molecular flexibility index (Phi) is 20.7. The molecule has 59 heavy (non-hydrogen) atoms. The highest BCUT2D eigenvalue weighted by atomic mass is 16.6. The zero-order chi connectivity index (χ0) is 43.3. The molecule has 322 valence electrons. The first-order valence-corrected chi connectivity index (χ1v) is 21.0. The largest absolute Gasteiger partial charge is 0.445 e. The van der Waals surface area contributed by atoms with Gasteiger partial charge >= 0.3 is 12.2 Å². The molecular weight excluding hydrogens is 755 g/mol. The van der Waals surface area contributed by atoms with Crippen LogP contribution in [0.4, 0.5) is 9.59 Å². The van der Waals surface area contributed by atoms with E-state index in [0.717, 1.165) is 49.7 Å². The van der Waals surface area contributed by atoms with E-state index >= 15 is 0 Å². The van der Waals surface area contributed by atoms with Crippen LogP contribution >= 0.6 is 0 Å². The van der Waals surface area contributed by atoms with Crippen LogP contribution < -0.4 is 10.6 Å². The number of hydrogen-bond acceptors (Lipinski definition) is 10. The fraction of sp³-hybridized carbons (Fsp3) is 0.565. The Labute approximate surface area is 348 Å². The van der Waals surface area contributed by atoms with E-state index in [9.17, 15) is 38.4 Å². The van der Waals surface area contributed by atoms with Crippen molar-refractivity contribution in [1.82, 2.24) is 15.5 Å². The van der Waals surface area contributed by atoms with Crippen LogP contribution in [-0.2, 0) is 51.5 Å². The minimum Gasteiger partial charge on any atom is -0.445 e. The van der Waals surface area contributed by atoms with Crippen molar-refractivity contribution in [3.8, 4) is 0 Å². The summed E-state index contributed by atoms with van der Waals surface area (Å²) in [5.41, 5.74) is 1.70. The lowest BCUT2D eigenvalue weighted by atomic mass is 9.85. The molecular formula is C46H63N3O10. The van der Waals surface area contributed by atoms with Crippen LogP contribution in [0, 0.1) is 23.7 Å². The number of Topliss-reactive ketones (excluding diaryl/α,β-unsaturated/α-hetero) is 5. The summed E-state index contributed by atoms with van der Waals surface area (Å²) in [5.74, 6) is -3.92. The number of likely N-dealkylation sites (tertiary alicyclic amines) is 1. The summed E-state index contributed by atoms with van der Waals surface area (Å²) in [6.07, 6.45) is 6.24. The van der Waals surface area contributed by atoms with E-state index in [1.165, 1.54) is 4.90 Å². The number of benzene rings is 2. The molecule has 1 aliphatic heterocycles. The lowest BCUT2D eigenvalue weighted by molar-refractivity contribution is -0.145. The number of nitrogens with zero attached hydrogens (tertiary/aromatic N) is 1. The van der Waals surface area contributed by atoms with Crippen LogP contribution in [0.2, 0.25) is 0 Å². The zero-order valence-electron chi connectivity index (χ0n) is 35.4. The monoisotopic (exact) mass is 817 g/mol. The van der Waals surface area contributed by atoms with Crippen molar-refractivity contribution in [1.29, 1.82) is 0 Å². The summed E-state index contributed by atoms with van der Waals surface area (Å²) in [6.45, 7) is 8.03. The van der Waals surface area contributed by atoms with E-state index < -0.39 is 53.6 Å². The van der Waals surface area contributed by atoms with Gasteiger partial charge in [0.25, 0.3) is 5.91 Å². The zero-order valence-corrected chi connectivity index (χ0v) is 35.4. The molecule has 13 heteroatoms. The number of alkyl carbamates (subject to hydrolysis) is 2. The predicted molar refractivity (Wildman–Crippen MR) is 222 cm³/mol. The SMILES string of the molecule is CC(C)[C@H](NC(=O)OCc1ccccc1)C(=O)CC1CCCN(C)C(=O)C1=O.CC(C)[C@H](NC(=O)OCc1ccccc1)C(=O)C[C@H]1CCCCCCCCC(=O)C1=O. The van der Waals surface area contributed by atoms with E-state index in [1.54, 1.807) is 7.05 Å². The first-order valence-electron chi connectivity index (χ1n) is 21.0. The molecule has 2 aromatic rings. The molecule has 1 unspecified atom stereocenters. The topological polar surface area (TPSA) is 182 Å². The number of likely N-dealkylation sites (N-methyl/N-ethyl adjacent to an activating group) is 1. The molecule has 13 nitrogen and oxygen atoms in total. The second kappa shape index (κ2) is 25.3. The van der Waals surface area contributed by atoms with E-state index in [0.29, 0.717) is 25.8 Å². The molecule has 2 N–H and O–H groups in total. The summed E-state index contributed by atoms with van der Waals surface area (Å²) in [5, 5.41) is 5.26. The lowest BCUT2D eigenvalue weighted by Gasteiger charge is -2.23. The molecule has 4 atom stereocenters. The van der Waals surface area contributed by atoms with Crippen LogP contribution in [0.1, 0.15) is 116 Å². The van der Waals surface area contributed by atoms with E-state index in [2.05, 4.69) is 10.6 Å². The number of nitrogens with one attached hydrogen (secondary N) is 2. The second-order valence-electron chi connectivity index (χ2n) is 16.3. The Bertz CT molecular complexity index is 1710. The maximum absolute atomic E-state index is 13.0. The van der Waals surface area contributed by atoms with Gasteiger partial charge < -0.3 is 25.0 Å². The number of carbonyl (C=O) groups is 8. The Hall–Kier alpha value is -5.20. The molecule has 3 amide bonds. The molecule has 2 aromatic carbocycles. The van der Waals surface area contributed by atoms with Gasteiger partial charge in [0.15, 0.2) is 17.3 Å². The maximum atomic E-state index is 13.0. The summed E-state index contributed by atoms with van der Waals surface area (Å²) >= 11 is 0. The Morgan fingerprint density at radius 3 is 1.51 bits per heavy atom. The normalized spacial score (nSPS) is 19.0. The van der Waals surface area contributed by atoms with Gasteiger partial charge in [-0.2, -0.15) is 0 Å². The predicted octanol–water partition coefficient (Wildman–Crippen LogP) is 7.12. The summed E-state index contributed by atoms with van der Waals surface area (Å²) in [7, 11) is 1.59. The van der Waals surface area contributed by atoms with Gasteiger partial charge in [-0.1, -0.05) is 120 Å². The fourth-order valence-electron chi connectivity index (χ4n) is 7.19. The van der Waals surface area contributed by atoms with Gasteiger partial charge in [-0.25, -0.2) is 9.59 Å². The number of rotatable bonds is 14. The molecule has 2 aliphatic rings. The average molecular weight is 818 g/mol. The van der Waals surface area contributed by atoms with Gasteiger partial charge in [0.2, 0.25) is 11.6 Å². The minimum absolute atomic E-state index is 0.0214. The van der Waals surface area contributed by atoms with Crippen molar-refractivity contribution in [2.75, 3.05) is 13.6 Å². The third kappa shape index (κ3) is 16.9. The van der Waals surface area contributed by atoms with Crippen LogP contribution in [0.5, 0.6) is 0 Å². The highest BCUT2D eigenvalue weighted by Crippen LogP contribution is 2.23. The number of hydrogen-bond donors (Lipinski definition) is 2. The van der Waals surface area contributed by atoms with Gasteiger partial charge in [0, 0.05) is 44.7 Å². The van der Waals surface area contributed by atoms with E-state index in [-0.39, 0.29) is 61.7 Å². The number of ether oxygens (including phenoxy) is 2. The van der Waals surface area contributed by atoms with Crippen molar-refractivity contribution in [2.45, 2.75) is 130 Å². The summed E-state index contributed by atoms with van der Waals surface area (Å²) in [6, 6.07) is 17.0. The van der Waals surface area contributed by atoms with Gasteiger partial charge in [-0.15, -0.1) is 0 Å². The first kappa shape index (κ1) is 48.2. The van der Waals surface area contributed by atoms with Gasteiger partial charge in [0.05, 0.1) is 12.1 Å². The van der Waals surface area contributed by atoms with Crippen molar-refractivity contribution < 1.29 is 47.8 Å². The highest BCUT2D eigenvalue weighted by molar-refractivity contribution is 6.38. The Balaban J connectivity index is 0.000000317. The van der Waals surface area contributed by atoms with Crippen molar-refractivity contribution in [3.63, 3.8) is 0 Å². The third-order valence-corrected chi connectivity index (χ3v) is 10.7. The van der Waals surface area contributed by atoms with E-state index in [1.807, 2.05) is 88.4 Å². The number of ketones is 5. The Morgan fingerprint density at radius 2 is 1.03 bits per heavy atom. The second-order valence-corrected chi connectivity index (χ2v) is 16.3. The average Bonchev–Trinajstić information content (AvgIpc) is 3.35. The molecule has 1 saturated carbocycles. The fourth-order valence-corrected chi connectivity index (χ4v) is 7.19. The molecule has 1 heterocycles. The number of amides is 3. The maximum Gasteiger partial charge on any atom is 0.408 e. The molecule has 1 aliphatic carbocycles. The molecule has 0 bridgehead atoms. The van der Waals surface area contributed by atoms with Gasteiger partial charge in [-0.3, -0.25) is 28.8 Å². The first-order chi connectivity index (χ1) is 28.2. The van der Waals surface area contributed by atoms with Crippen LogP contribution in [0.3, 0.4) is 0 Å². The van der Waals surface area contributed by atoms with Crippen molar-refractivity contribution in [3.05, 3.63) is 71.8 Å². The molecule has 0 radical (unpaired) electrons. The van der Waals surface area contributed by atoms with Crippen molar-refractivity contribution >= 4 is 47.0 Å². The molecule has 0 spiro atoms. The van der Waals surface area contributed by atoms with Crippen LogP contribution in [0.25, 0.3) is 0 Å². The van der Waals surface area contributed by atoms with Crippen LogP contribution in [0.15, 0.2) is 60.7 Å². The molecule has 4 rings (SSSR count). The van der Waals surface area contributed by atoms with Gasteiger partial charge in [0.1, 0.15) is 13.2 Å². The molecule has 0 aromatic heterocycles. The standard InChI is InChI=1S/C25H35NO5.C21H28N2O5/c1-18(2)23(26-25(30)31-17-19-12-8-7-9-13-19)22(28)16-20-14-10-5-3-4-6-11-15-21(27)24(20)29;1-14(2)18(22-21(27)28-13-15-8-5-4-6-9-15)17(24)12-16-10-7-11-23(3)20(26)19(16)25/h7-9,12-13,18,20,23H,3-6,10-11,14-17H2,1-2H3,(H,26,30);4-6,8-9,14,16,18H,7,10-13H2,1-3H3,(H,22,27)/t20-,23+;16?,18-/m10/s1. The van der Waals surface area contributed by atoms with E-state index in [4.69, 9.17) is 9.47 Å². The third-order valence-electron chi connectivity index (χ3n) is 10.7. The smallest absolute Gasteiger partial charge is 0.408 e. The molecule has 2 fully saturated rings. The Morgan fingerprint density at radius 1 is 0.610 bits per heavy atom. The van der Waals surface area contributed by atoms with Crippen LogP contribution in [-0.4, -0.2) is 77.6 Å². The summed E-state index contributed by atoms with van der Waals surface area (Å²) < 4.78 is 10.4. The number of carbonyl (C=O) groups excluding carboxylic acids is 8. The molecule has 1 saturated heterocycles. The quantitative estimate of drug-likeness (QED) is 0.186.